The van der Waals surface area contributed by atoms with Crippen LogP contribution in [-0.4, -0.2) is 33.5 Å². The van der Waals surface area contributed by atoms with E-state index in [0.717, 1.165) is 6.42 Å². The van der Waals surface area contributed by atoms with Gasteiger partial charge in [-0.25, -0.2) is 0 Å². The van der Waals surface area contributed by atoms with Crippen LogP contribution in [0.2, 0.25) is 0 Å². The molecule has 0 radical (unpaired) electrons. The van der Waals surface area contributed by atoms with E-state index in [2.05, 4.69) is 5.92 Å². The summed E-state index contributed by atoms with van der Waals surface area (Å²) in [5, 5.41) is 27.8. The molecule has 0 saturated heterocycles. The standard InChI is InChI=1S/C16H22O4/c1-2-6-13(17)8-4-3-7-12-11-14(12)15(18)9-5-10-16(19)20/h1,3-4,7-8,12-15,17-18H,5-6,9-11H2,(H,19,20)/b7-3+,8-4+/t12?,13-,14?,15+/m1/s1. The topological polar surface area (TPSA) is 77.8 Å². The molecule has 0 bridgehead atoms. The van der Waals surface area contributed by atoms with Crippen LogP contribution in [0.25, 0.3) is 0 Å². The van der Waals surface area contributed by atoms with Crippen LogP contribution in [0.3, 0.4) is 0 Å². The molecule has 20 heavy (non-hydrogen) atoms. The number of carboxylic acids is 1. The molecule has 0 aromatic heterocycles. The minimum atomic E-state index is -0.819. The summed E-state index contributed by atoms with van der Waals surface area (Å²) in [5.74, 6) is 2.15. The number of rotatable bonds is 9. The number of aliphatic carboxylic acids is 1. The third-order valence-electron chi connectivity index (χ3n) is 3.41. The number of carboxylic acid groups (broad SMARTS) is 1. The number of aliphatic hydroxyl groups is 2. The first-order valence-electron chi connectivity index (χ1n) is 6.91. The van der Waals surface area contributed by atoms with Gasteiger partial charge in [0.2, 0.25) is 0 Å². The molecule has 4 nitrogen and oxygen atoms in total. The first kappa shape index (κ1) is 16.5. The highest BCUT2D eigenvalue weighted by molar-refractivity contribution is 5.66. The van der Waals surface area contributed by atoms with Crippen molar-refractivity contribution in [2.24, 2.45) is 11.8 Å². The highest BCUT2D eigenvalue weighted by atomic mass is 16.4. The van der Waals surface area contributed by atoms with Crippen molar-refractivity contribution >= 4 is 5.97 Å². The van der Waals surface area contributed by atoms with E-state index >= 15 is 0 Å². The Kier molecular flexibility index (Phi) is 7.06. The molecule has 1 fully saturated rings. The molecular weight excluding hydrogens is 256 g/mol. The van der Waals surface area contributed by atoms with Crippen molar-refractivity contribution in [3.8, 4) is 12.3 Å². The van der Waals surface area contributed by atoms with E-state index in [0.29, 0.717) is 25.2 Å². The summed E-state index contributed by atoms with van der Waals surface area (Å²) < 4.78 is 0. The molecule has 4 heteroatoms. The maximum Gasteiger partial charge on any atom is 0.303 e. The number of carbonyl (C=O) groups is 1. The van der Waals surface area contributed by atoms with Crippen molar-refractivity contribution in [3.05, 3.63) is 24.3 Å². The van der Waals surface area contributed by atoms with Crippen LogP contribution in [0, 0.1) is 24.2 Å². The largest absolute Gasteiger partial charge is 0.481 e. The fourth-order valence-corrected chi connectivity index (χ4v) is 2.16. The predicted molar refractivity (Wildman–Crippen MR) is 76.8 cm³/mol. The summed E-state index contributed by atoms with van der Waals surface area (Å²) in [4.78, 5) is 10.4. The quantitative estimate of drug-likeness (QED) is 0.443. The molecule has 0 aliphatic heterocycles. The molecule has 0 heterocycles. The minimum absolute atomic E-state index is 0.111. The zero-order valence-electron chi connectivity index (χ0n) is 11.5. The van der Waals surface area contributed by atoms with Crippen molar-refractivity contribution in [2.45, 2.75) is 44.3 Å². The Balaban J connectivity index is 2.19. The van der Waals surface area contributed by atoms with Crippen LogP contribution in [0.15, 0.2) is 24.3 Å². The Labute approximate surface area is 119 Å². The fraction of sp³-hybridized carbons (Fsp3) is 0.562. The van der Waals surface area contributed by atoms with Crippen LogP contribution < -0.4 is 0 Å². The van der Waals surface area contributed by atoms with Gasteiger partial charge in [-0.3, -0.25) is 4.79 Å². The lowest BCUT2D eigenvalue weighted by Gasteiger charge is -2.07. The molecule has 1 saturated carbocycles. The van der Waals surface area contributed by atoms with Crippen molar-refractivity contribution in [3.63, 3.8) is 0 Å². The summed E-state index contributed by atoms with van der Waals surface area (Å²) >= 11 is 0. The molecular formula is C16H22O4. The lowest BCUT2D eigenvalue weighted by molar-refractivity contribution is -0.137. The van der Waals surface area contributed by atoms with Gasteiger partial charge in [-0.05, 0) is 31.1 Å². The van der Waals surface area contributed by atoms with E-state index in [1.807, 2.05) is 12.2 Å². The number of hydrogen-bond acceptors (Lipinski definition) is 3. The molecule has 1 aliphatic rings. The minimum Gasteiger partial charge on any atom is -0.481 e. The summed E-state index contributed by atoms with van der Waals surface area (Å²) in [6, 6.07) is 0. The van der Waals surface area contributed by atoms with Gasteiger partial charge in [0.25, 0.3) is 0 Å². The number of aliphatic hydroxyl groups excluding tert-OH is 2. The number of terminal acetylenes is 1. The second-order valence-corrected chi connectivity index (χ2v) is 5.16. The van der Waals surface area contributed by atoms with Gasteiger partial charge < -0.3 is 15.3 Å². The highest BCUT2D eigenvalue weighted by Crippen LogP contribution is 2.43. The van der Waals surface area contributed by atoms with Gasteiger partial charge in [-0.15, -0.1) is 12.3 Å². The Morgan fingerprint density at radius 3 is 2.80 bits per heavy atom. The Bertz CT molecular complexity index is 405. The summed E-state index contributed by atoms with van der Waals surface area (Å²) in [6.45, 7) is 0. The van der Waals surface area contributed by atoms with Crippen molar-refractivity contribution < 1.29 is 20.1 Å². The van der Waals surface area contributed by atoms with Gasteiger partial charge in [0.1, 0.15) is 0 Å². The van der Waals surface area contributed by atoms with E-state index in [4.69, 9.17) is 11.5 Å². The van der Waals surface area contributed by atoms with Crippen molar-refractivity contribution in [1.82, 2.24) is 0 Å². The van der Waals surface area contributed by atoms with Crippen molar-refractivity contribution in [1.29, 1.82) is 0 Å². The average molecular weight is 278 g/mol. The fourth-order valence-electron chi connectivity index (χ4n) is 2.16. The summed E-state index contributed by atoms with van der Waals surface area (Å²) in [7, 11) is 0. The molecule has 4 atom stereocenters. The third kappa shape index (κ3) is 6.55. The van der Waals surface area contributed by atoms with Gasteiger partial charge in [0, 0.05) is 12.8 Å². The van der Waals surface area contributed by atoms with Crippen LogP contribution in [0.5, 0.6) is 0 Å². The summed E-state index contributed by atoms with van der Waals surface area (Å²) in [5.41, 5.74) is 0. The van der Waals surface area contributed by atoms with Gasteiger partial charge in [-0.2, -0.15) is 0 Å². The van der Waals surface area contributed by atoms with Crippen LogP contribution >= 0.6 is 0 Å². The zero-order valence-corrected chi connectivity index (χ0v) is 11.5. The van der Waals surface area contributed by atoms with Crippen LogP contribution in [0.1, 0.15) is 32.1 Å². The van der Waals surface area contributed by atoms with Gasteiger partial charge in [-0.1, -0.05) is 24.3 Å². The maximum atomic E-state index is 10.4. The monoisotopic (exact) mass is 278 g/mol. The van der Waals surface area contributed by atoms with Crippen LogP contribution in [-0.2, 0) is 4.79 Å². The number of hydrogen-bond donors (Lipinski definition) is 3. The highest BCUT2D eigenvalue weighted by Gasteiger charge is 2.39. The molecule has 2 unspecified atom stereocenters. The predicted octanol–water partition coefficient (Wildman–Crippen LogP) is 1.73. The van der Waals surface area contributed by atoms with E-state index in [9.17, 15) is 15.0 Å². The first-order chi connectivity index (χ1) is 9.54. The Hall–Kier alpha value is -1.57. The van der Waals surface area contributed by atoms with Gasteiger partial charge >= 0.3 is 5.97 Å². The lowest BCUT2D eigenvalue weighted by atomic mass is 10.1. The second kappa shape index (κ2) is 8.57. The molecule has 0 aromatic carbocycles. The van der Waals surface area contributed by atoms with Gasteiger partial charge in [0.05, 0.1) is 12.2 Å². The molecule has 3 N–H and O–H groups in total. The Morgan fingerprint density at radius 1 is 1.40 bits per heavy atom. The zero-order chi connectivity index (χ0) is 15.0. The SMILES string of the molecule is C#CC[C@@H](O)/C=C/C=C/C1CC1[C@@H](O)CCCC(=O)O. The first-order valence-corrected chi connectivity index (χ1v) is 6.91. The van der Waals surface area contributed by atoms with E-state index in [1.165, 1.54) is 0 Å². The van der Waals surface area contributed by atoms with Crippen LogP contribution in [0.4, 0.5) is 0 Å². The van der Waals surface area contributed by atoms with E-state index in [1.54, 1.807) is 12.2 Å². The molecule has 0 spiro atoms. The average Bonchev–Trinajstić information content (AvgIpc) is 3.14. The van der Waals surface area contributed by atoms with Gasteiger partial charge in [0.15, 0.2) is 0 Å². The lowest BCUT2D eigenvalue weighted by Crippen LogP contribution is -2.11. The van der Waals surface area contributed by atoms with E-state index < -0.39 is 18.2 Å². The molecule has 1 aliphatic carbocycles. The second-order valence-electron chi connectivity index (χ2n) is 5.16. The van der Waals surface area contributed by atoms with E-state index in [-0.39, 0.29) is 12.3 Å². The normalized spacial score (nSPS) is 24.6. The van der Waals surface area contributed by atoms with Crippen molar-refractivity contribution in [2.75, 3.05) is 0 Å². The third-order valence-corrected chi connectivity index (χ3v) is 3.41. The smallest absolute Gasteiger partial charge is 0.303 e. The molecule has 110 valence electrons. The maximum absolute atomic E-state index is 10.4. The summed E-state index contributed by atoms with van der Waals surface area (Å²) in [6.07, 6.45) is 13.7. The number of allylic oxidation sites excluding steroid dienone is 3. The molecule has 0 amide bonds. The molecule has 1 rings (SSSR count). The Morgan fingerprint density at radius 2 is 2.15 bits per heavy atom. The molecule has 0 aromatic rings.